The topological polar surface area (TPSA) is 99.6 Å². The lowest BCUT2D eigenvalue weighted by atomic mass is 10.1. The van der Waals surface area contributed by atoms with Gasteiger partial charge in [0.15, 0.2) is 0 Å². The van der Waals surface area contributed by atoms with E-state index in [2.05, 4.69) is 48.9 Å². The summed E-state index contributed by atoms with van der Waals surface area (Å²) in [4.78, 5) is 29.1. The van der Waals surface area contributed by atoms with Crippen LogP contribution in [0, 0.1) is 10.1 Å². The van der Waals surface area contributed by atoms with Gasteiger partial charge in [-0.25, -0.2) is 4.98 Å². The highest BCUT2D eigenvalue weighted by Crippen LogP contribution is 2.35. The van der Waals surface area contributed by atoms with Gasteiger partial charge in [0, 0.05) is 27.0 Å². The number of aryl methyl sites for hydroxylation is 1. The Morgan fingerprint density at radius 2 is 2.00 bits per heavy atom. The lowest BCUT2D eigenvalue weighted by molar-refractivity contribution is -0.386. The van der Waals surface area contributed by atoms with Crippen molar-refractivity contribution in [1.29, 1.82) is 0 Å². The first-order valence-corrected chi connectivity index (χ1v) is 12.2. The molecule has 10 heteroatoms. The van der Waals surface area contributed by atoms with Gasteiger partial charge in [0.1, 0.15) is 5.82 Å². The van der Waals surface area contributed by atoms with E-state index in [1.165, 1.54) is 17.0 Å². The number of nitro groups is 1. The normalized spacial score (nSPS) is 12.4. The summed E-state index contributed by atoms with van der Waals surface area (Å²) < 4.78 is 8.41. The molecule has 2 aromatic carbocycles. The van der Waals surface area contributed by atoms with Crippen LogP contribution in [0.4, 0.5) is 5.69 Å². The van der Waals surface area contributed by atoms with Crippen molar-refractivity contribution in [3.8, 4) is 5.75 Å². The van der Waals surface area contributed by atoms with Crippen LogP contribution in [-0.4, -0.2) is 26.9 Å². The van der Waals surface area contributed by atoms with E-state index < -0.39 is 4.92 Å². The van der Waals surface area contributed by atoms with E-state index in [-0.39, 0.29) is 23.1 Å². The zero-order valence-corrected chi connectivity index (χ0v) is 21.7. The molecule has 33 heavy (non-hydrogen) atoms. The van der Waals surface area contributed by atoms with Gasteiger partial charge in [-0.3, -0.25) is 14.9 Å². The molecule has 0 amide bonds. The number of fused-ring (bicyclic) bond motifs is 1. The van der Waals surface area contributed by atoms with E-state index in [0.717, 1.165) is 17.3 Å². The molecule has 3 rings (SSSR count). The molecule has 1 heterocycles. The van der Waals surface area contributed by atoms with Crippen molar-refractivity contribution >= 4 is 54.7 Å². The number of halogens is 2. The number of nitro benzene ring substituents is 1. The van der Waals surface area contributed by atoms with Crippen LogP contribution in [0.3, 0.4) is 0 Å². The maximum atomic E-state index is 13.3. The minimum Gasteiger partial charge on any atom is -0.483 e. The first-order chi connectivity index (χ1) is 15.7. The fraction of sp³-hybridized carbons (Fsp3) is 0.348. The quantitative estimate of drug-likeness (QED) is 0.170. The molecule has 174 valence electrons. The lowest BCUT2D eigenvalue weighted by Gasteiger charge is -2.15. The molecule has 0 fully saturated rings. The second-order valence-corrected chi connectivity index (χ2v) is 9.42. The zero-order valence-electron chi connectivity index (χ0n) is 18.5. The number of nitrogens with zero attached hydrogens (tertiary/aromatic N) is 4. The summed E-state index contributed by atoms with van der Waals surface area (Å²) in [7, 11) is 0. The molecule has 0 saturated carbocycles. The predicted molar refractivity (Wildman–Crippen MR) is 136 cm³/mol. The SMILES string of the molecule is CCCCc1nc2ccc(Br)cc2c(=O)n1N=Cc1cc(Br)cc([N+](=O)[O-])c1O[C@@H](C)CC. The fourth-order valence-corrected chi connectivity index (χ4v) is 4.00. The fourth-order valence-electron chi connectivity index (χ4n) is 3.17. The van der Waals surface area contributed by atoms with Crippen LogP contribution in [0.25, 0.3) is 10.9 Å². The minimum absolute atomic E-state index is 0.112. The zero-order chi connectivity index (χ0) is 24.1. The molecule has 3 aromatic rings. The van der Waals surface area contributed by atoms with Gasteiger partial charge in [0.25, 0.3) is 5.56 Å². The van der Waals surface area contributed by atoms with Gasteiger partial charge >= 0.3 is 5.69 Å². The Morgan fingerprint density at radius 3 is 2.67 bits per heavy atom. The summed E-state index contributed by atoms with van der Waals surface area (Å²) in [6.45, 7) is 5.83. The standard InChI is InChI=1S/C23H24Br2N4O4/c1-4-6-7-21-27-19-9-8-16(24)11-18(19)23(30)28(21)26-13-15-10-17(25)12-20(29(31)32)22(15)33-14(3)5-2/h8-14H,4-7H2,1-3H3/t14-/m0/s1. The van der Waals surface area contributed by atoms with Gasteiger partial charge in [0.2, 0.25) is 5.75 Å². The number of unbranched alkanes of at least 4 members (excludes halogenated alkanes) is 1. The van der Waals surface area contributed by atoms with Crippen molar-refractivity contribution in [1.82, 2.24) is 9.66 Å². The first kappa shape index (κ1) is 25.0. The van der Waals surface area contributed by atoms with Crippen molar-refractivity contribution < 1.29 is 9.66 Å². The van der Waals surface area contributed by atoms with Gasteiger partial charge in [-0.2, -0.15) is 9.78 Å². The maximum absolute atomic E-state index is 13.3. The molecular weight excluding hydrogens is 556 g/mol. The van der Waals surface area contributed by atoms with E-state index in [0.29, 0.717) is 39.6 Å². The number of aromatic nitrogens is 2. The third kappa shape index (κ3) is 5.86. The summed E-state index contributed by atoms with van der Waals surface area (Å²) in [6.07, 6.45) is 4.20. The molecule has 0 bridgehead atoms. The van der Waals surface area contributed by atoms with E-state index in [1.807, 2.05) is 19.9 Å². The Balaban J connectivity index is 2.19. The summed E-state index contributed by atoms with van der Waals surface area (Å²) in [5.41, 5.74) is 0.501. The monoisotopic (exact) mass is 578 g/mol. The third-order valence-corrected chi connectivity index (χ3v) is 6.05. The molecule has 0 N–H and O–H groups in total. The van der Waals surface area contributed by atoms with Crippen LogP contribution in [0.2, 0.25) is 0 Å². The van der Waals surface area contributed by atoms with Crippen LogP contribution < -0.4 is 10.3 Å². The molecule has 1 aromatic heterocycles. The van der Waals surface area contributed by atoms with Crippen molar-refractivity contribution in [3.63, 3.8) is 0 Å². The third-order valence-electron chi connectivity index (χ3n) is 5.10. The van der Waals surface area contributed by atoms with Gasteiger partial charge in [-0.15, -0.1) is 0 Å². The van der Waals surface area contributed by atoms with Crippen LogP contribution in [0.15, 0.2) is 49.2 Å². The Labute approximate surface area is 208 Å². The summed E-state index contributed by atoms with van der Waals surface area (Å²) >= 11 is 6.72. The molecule has 0 radical (unpaired) electrons. The molecule has 0 spiro atoms. The first-order valence-electron chi connectivity index (χ1n) is 10.6. The van der Waals surface area contributed by atoms with Crippen molar-refractivity contribution in [2.45, 2.75) is 52.6 Å². The highest BCUT2D eigenvalue weighted by molar-refractivity contribution is 9.10. The summed E-state index contributed by atoms with van der Waals surface area (Å²) in [6, 6.07) is 8.41. The predicted octanol–water partition coefficient (Wildman–Crippen LogP) is 6.23. The van der Waals surface area contributed by atoms with Crippen LogP contribution in [0.1, 0.15) is 51.4 Å². The smallest absolute Gasteiger partial charge is 0.312 e. The average Bonchev–Trinajstić information content (AvgIpc) is 2.78. The maximum Gasteiger partial charge on any atom is 0.312 e. The largest absolute Gasteiger partial charge is 0.483 e. The number of rotatable bonds is 9. The Kier molecular flexibility index (Phi) is 8.36. The van der Waals surface area contributed by atoms with Crippen molar-refractivity contribution in [3.05, 3.63) is 71.1 Å². The van der Waals surface area contributed by atoms with E-state index in [4.69, 9.17) is 4.74 Å². The Morgan fingerprint density at radius 1 is 1.24 bits per heavy atom. The highest BCUT2D eigenvalue weighted by atomic mass is 79.9. The molecule has 8 nitrogen and oxygen atoms in total. The lowest BCUT2D eigenvalue weighted by Crippen LogP contribution is -2.22. The second kappa shape index (κ2) is 11.0. The number of ether oxygens (including phenoxy) is 1. The number of hydrogen-bond acceptors (Lipinski definition) is 6. The minimum atomic E-state index is -0.492. The van der Waals surface area contributed by atoms with Gasteiger partial charge in [-0.1, -0.05) is 52.1 Å². The van der Waals surface area contributed by atoms with Crippen LogP contribution in [-0.2, 0) is 6.42 Å². The summed E-state index contributed by atoms with van der Waals surface area (Å²) in [5, 5.41) is 16.5. The molecular formula is C23H24Br2N4O4. The average molecular weight is 580 g/mol. The van der Waals surface area contributed by atoms with Crippen molar-refractivity contribution in [2.75, 3.05) is 0 Å². The Hall–Kier alpha value is -2.59. The van der Waals surface area contributed by atoms with Crippen LogP contribution in [0.5, 0.6) is 5.75 Å². The van der Waals surface area contributed by atoms with Gasteiger partial charge in [0.05, 0.1) is 28.1 Å². The van der Waals surface area contributed by atoms with Gasteiger partial charge in [-0.05, 0) is 44.0 Å². The molecule has 0 aliphatic heterocycles. The van der Waals surface area contributed by atoms with E-state index in [9.17, 15) is 14.9 Å². The summed E-state index contributed by atoms with van der Waals surface area (Å²) in [5.74, 6) is 0.641. The molecule has 0 aliphatic carbocycles. The molecule has 0 unspecified atom stereocenters. The molecule has 1 atom stereocenters. The van der Waals surface area contributed by atoms with E-state index in [1.54, 1.807) is 18.2 Å². The van der Waals surface area contributed by atoms with Gasteiger partial charge < -0.3 is 4.74 Å². The highest BCUT2D eigenvalue weighted by Gasteiger charge is 2.22. The molecule has 0 saturated heterocycles. The molecule has 0 aliphatic rings. The Bertz CT molecular complexity index is 1270. The van der Waals surface area contributed by atoms with Crippen molar-refractivity contribution in [2.24, 2.45) is 5.10 Å². The second-order valence-electron chi connectivity index (χ2n) is 7.59. The van der Waals surface area contributed by atoms with E-state index >= 15 is 0 Å². The number of hydrogen-bond donors (Lipinski definition) is 0. The number of benzene rings is 2. The van der Waals surface area contributed by atoms with Crippen LogP contribution >= 0.6 is 31.9 Å².